The van der Waals surface area contributed by atoms with Crippen molar-refractivity contribution in [2.45, 2.75) is 36.6 Å². The number of pyridine rings is 1. The second kappa shape index (κ2) is 4.62. The highest BCUT2D eigenvalue weighted by atomic mass is 32.2. The van der Waals surface area contributed by atoms with Gasteiger partial charge in [-0.3, -0.25) is 0 Å². The summed E-state index contributed by atoms with van der Waals surface area (Å²) in [5.74, 6) is 0.228. The van der Waals surface area contributed by atoms with Gasteiger partial charge in [-0.25, -0.2) is 13.4 Å². The van der Waals surface area contributed by atoms with E-state index in [1.54, 1.807) is 7.05 Å². The van der Waals surface area contributed by atoms with Crippen molar-refractivity contribution in [2.24, 2.45) is 0 Å². The maximum atomic E-state index is 12.3. The minimum atomic E-state index is -3.43. The van der Waals surface area contributed by atoms with Gasteiger partial charge in [0.05, 0.1) is 4.90 Å². The molecule has 1 saturated carbocycles. The second-order valence-electron chi connectivity index (χ2n) is 4.38. The standard InChI is InChI=1S/C11H17N3O2S/c1-14(9-4-2-3-5-9)17(15,16)10-6-7-13-11(12)8-10/h6-9H,2-5H2,1H3,(H2,12,13). The summed E-state index contributed by atoms with van der Waals surface area (Å²) >= 11 is 0. The topological polar surface area (TPSA) is 76.3 Å². The molecule has 0 bridgehead atoms. The summed E-state index contributed by atoms with van der Waals surface area (Å²) in [7, 11) is -1.79. The lowest BCUT2D eigenvalue weighted by Gasteiger charge is -2.23. The molecule has 0 atom stereocenters. The third kappa shape index (κ3) is 2.42. The molecule has 1 aromatic rings. The lowest BCUT2D eigenvalue weighted by molar-refractivity contribution is 0.373. The molecule has 0 spiro atoms. The second-order valence-corrected chi connectivity index (χ2v) is 6.37. The predicted molar refractivity (Wildman–Crippen MR) is 65.9 cm³/mol. The van der Waals surface area contributed by atoms with Gasteiger partial charge in [-0.15, -0.1) is 0 Å². The minimum Gasteiger partial charge on any atom is -0.384 e. The normalized spacial score (nSPS) is 17.8. The van der Waals surface area contributed by atoms with Crippen LogP contribution in [-0.4, -0.2) is 30.8 Å². The molecule has 6 heteroatoms. The van der Waals surface area contributed by atoms with Crippen LogP contribution < -0.4 is 5.73 Å². The monoisotopic (exact) mass is 255 g/mol. The molecule has 17 heavy (non-hydrogen) atoms. The summed E-state index contributed by atoms with van der Waals surface area (Å²) in [4.78, 5) is 4.03. The van der Waals surface area contributed by atoms with Gasteiger partial charge in [0.1, 0.15) is 5.82 Å². The number of anilines is 1. The molecule has 0 radical (unpaired) electrons. The number of nitrogens with two attached hydrogens (primary N) is 1. The highest BCUT2D eigenvalue weighted by Crippen LogP contribution is 2.27. The Morgan fingerprint density at radius 1 is 1.41 bits per heavy atom. The maximum absolute atomic E-state index is 12.3. The number of hydrogen-bond acceptors (Lipinski definition) is 4. The fourth-order valence-corrected chi connectivity index (χ4v) is 3.66. The summed E-state index contributed by atoms with van der Waals surface area (Å²) in [6, 6.07) is 3.01. The Morgan fingerprint density at radius 3 is 2.65 bits per heavy atom. The number of sulfonamides is 1. The molecule has 2 N–H and O–H groups in total. The van der Waals surface area contributed by atoms with Crippen molar-refractivity contribution in [3.63, 3.8) is 0 Å². The van der Waals surface area contributed by atoms with Gasteiger partial charge >= 0.3 is 0 Å². The molecule has 0 unspecified atom stereocenters. The first kappa shape index (κ1) is 12.3. The first-order chi connectivity index (χ1) is 8.01. The molecule has 0 saturated heterocycles. The number of rotatable bonds is 3. The molecule has 2 rings (SSSR count). The molecule has 1 aliphatic rings. The van der Waals surface area contributed by atoms with Crippen LogP contribution in [0, 0.1) is 0 Å². The van der Waals surface area contributed by atoms with Crippen LogP contribution in [-0.2, 0) is 10.0 Å². The summed E-state index contributed by atoms with van der Waals surface area (Å²) in [6.07, 6.45) is 5.50. The van der Waals surface area contributed by atoms with Crippen LogP contribution >= 0.6 is 0 Å². The quantitative estimate of drug-likeness (QED) is 0.881. The van der Waals surface area contributed by atoms with E-state index in [-0.39, 0.29) is 16.8 Å². The summed E-state index contributed by atoms with van der Waals surface area (Å²) < 4.78 is 26.1. The van der Waals surface area contributed by atoms with Crippen molar-refractivity contribution in [1.29, 1.82) is 0 Å². The fourth-order valence-electron chi connectivity index (χ4n) is 2.22. The first-order valence-corrected chi connectivity index (χ1v) is 7.15. The molecule has 0 amide bonds. The van der Waals surface area contributed by atoms with Crippen LogP contribution in [0.15, 0.2) is 23.2 Å². The highest BCUT2D eigenvalue weighted by Gasteiger charge is 2.29. The average Bonchev–Trinajstić information content (AvgIpc) is 2.81. The molecule has 1 aromatic heterocycles. The van der Waals surface area contributed by atoms with Crippen molar-refractivity contribution in [2.75, 3.05) is 12.8 Å². The number of nitrogens with zero attached hydrogens (tertiary/aromatic N) is 2. The largest absolute Gasteiger partial charge is 0.384 e. The zero-order valence-electron chi connectivity index (χ0n) is 9.83. The molecule has 1 fully saturated rings. The Labute approximate surface area is 102 Å². The number of aromatic nitrogens is 1. The van der Waals surface area contributed by atoms with E-state index in [9.17, 15) is 8.42 Å². The maximum Gasteiger partial charge on any atom is 0.243 e. The summed E-state index contributed by atoms with van der Waals surface area (Å²) in [6.45, 7) is 0. The van der Waals surface area contributed by atoms with Gasteiger partial charge in [0.25, 0.3) is 0 Å². The van der Waals surface area contributed by atoms with E-state index in [0.717, 1.165) is 25.7 Å². The minimum absolute atomic E-state index is 0.120. The third-order valence-corrected chi connectivity index (χ3v) is 5.17. The van der Waals surface area contributed by atoms with Crippen LogP contribution in [0.2, 0.25) is 0 Å². The number of nitrogen functional groups attached to an aromatic ring is 1. The molecule has 5 nitrogen and oxygen atoms in total. The summed E-state index contributed by atoms with van der Waals surface area (Å²) in [5, 5.41) is 0. The van der Waals surface area contributed by atoms with Gasteiger partial charge in [0, 0.05) is 25.4 Å². The van der Waals surface area contributed by atoms with Crippen LogP contribution in [0.1, 0.15) is 25.7 Å². The van der Waals surface area contributed by atoms with E-state index in [0.29, 0.717) is 0 Å². The molecule has 1 aliphatic carbocycles. The van der Waals surface area contributed by atoms with Gasteiger partial charge < -0.3 is 5.73 Å². The van der Waals surface area contributed by atoms with E-state index in [1.807, 2.05) is 0 Å². The molecule has 0 aliphatic heterocycles. The first-order valence-electron chi connectivity index (χ1n) is 5.71. The van der Waals surface area contributed by atoms with Gasteiger partial charge in [-0.05, 0) is 18.9 Å². The molecular weight excluding hydrogens is 238 g/mol. The molecule has 94 valence electrons. The van der Waals surface area contributed by atoms with E-state index >= 15 is 0 Å². The Balaban J connectivity index is 2.29. The van der Waals surface area contributed by atoms with Gasteiger partial charge in [-0.1, -0.05) is 12.8 Å². The van der Waals surface area contributed by atoms with E-state index in [1.165, 1.54) is 22.6 Å². The molecule has 1 heterocycles. The zero-order chi connectivity index (χ0) is 12.5. The van der Waals surface area contributed by atoms with E-state index in [2.05, 4.69) is 4.98 Å². The fraction of sp³-hybridized carbons (Fsp3) is 0.545. The molecule has 0 aromatic carbocycles. The van der Waals surface area contributed by atoms with E-state index in [4.69, 9.17) is 5.73 Å². The highest BCUT2D eigenvalue weighted by molar-refractivity contribution is 7.89. The predicted octanol–water partition coefficient (Wildman–Crippen LogP) is 1.23. The van der Waals surface area contributed by atoms with Crippen molar-refractivity contribution in [3.05, 3.63) is 18.3 Å². The Hall–Kier alpha value is -1.14. The van der Waals surface area contributed by atoms with Crippen molar-refractivity contribution in [1.82, 2.24) is 9.29 Å². The van der Waals surface area contributed by atoms with E-state index < -0.39 is 10.0 Å². The van der Waals surface area contributed by atoms with Crippen LogP contribution in [0.3, 0.4) is 0 Å². The van der Waals surface area contributed by atoms with Crippen LogP contribution in [0.5, 0.6) is 0 Å². The van der Waals surface area contributed by atoms with Crippen molar-refractivity contribution >= 4 is 15.8 Å². The Morgan fingerprint density at radius 2 is 2.06 bits per heavy atom. The van der Waals surface area contributed by atoms with Gasteiger partial charge in [-0.2, -0.15) is 4.31 Å². The average molecular weight is 255 g/mol. The Kier molecular flexibility index (Phi) is 3.35. The Bertz CT molecular complexity index is 495. The van der Waals surface area contributed by atoms with Gasteiger partial charge in [0.15, 0.2) is 0 Å². The molecular formula is C11H17N3O2S. The number of hydrogen-bond donors (Lipinski definition) is 1. The third-order valence-electron chi connectivity index (χ3n) is 3.27. The van der Waals surface area contributed by atoms with Crippen LogP contribution in [0.25, 0.3) is 0 Å². The lowest BCUT2D eigenvalue weighted by atomic mass is 10.3. The lowest BCUT2D eigenvalue weighted by Crippen LogP contribution is -2.35. The SMILES string of the molecule is CN(C1CCCC1)S(=O)(=O)c1ccnc(N)c1. The van der Waals surface area contributed by atoms with Crippen molar-refractivity contribution < 1.29 is 8.42 Å². The van der Waals surface area contributed by atoms with Crippen LogP contribution in [0.4, 0.5) is 5.82 Å². The zero-order valence-corrected chi connectivity index (χ0v) is 10.7. The van der Waals surface area contributed by atoms with Crippen molar-refractivity contribution in [3.8, 4) is 0 Å². The van der Waals surface area contributed by atoms with Gasteiger partial charge in [0.2, 0.25) is 10.0 Å². The smallest absolute Gasteiger partial charge is 0.243 e. The summed E-state index contributed by atoms with van der Waals surface area (Å²) in [5.41, 5.74) is 5.51.